The van der Waals surface area contributed by atoms with Crippen molar-refractivity contribution in [2.45, 2.75) is 18.4 Å². The first-order valence-corrected chi connectivity index (χ1v) is 9.18. The Morgan fingerprint density at radius 2 is 1.54 bits per heavy atom. The highest BCUT2D eigenvalue weighted by Gasteiger charge is 2.47. The molecule has 0 saturated heterocycles. The number of methoxy groups -OCH3 is 2. The van der Waals surface area contributed by atoms with Gasteiger partial charge in [-0.15, -0.1) is 0 Å². The number of benzene rings is 3. The SMILES string of the molecule is COc1ccc(C2(C)OC(=O)c3ccccc3C2c2ccccc2)cc1OC. The van der Waals surface area contributed by atoms with E-state index in [9.17, 15) is 4.79 Å². The lowest BCUT2D eigenvalue weighted by Crippen LogP contribution is -2.41. The second-order valence-corrected chi connectivity index (χ2v) is 7.00. The summed E-state index contributed by atoms with van der Waals surface area (Å²) in [4.78, 5) is 12.9. The lowest BCUT2D eigenvalue weighted by molar-refractivity contribution is -0.0276. The summed E-state index contributed by atoms with van der Waals surface area (Å²) in [5.74, 6) is 0.761. The Hall–Kier alpha value is -3.27. The van der Waals surface area contributed by atoms with Gasteiger partial charge in [-0.25, -0.2) is 4.79 Å². The average Bonchev–Trinajstić information content (AvgIpc) is 2.74. The van der Waals surface area contributed by atoms with Gasteiger partial charge in [-0.2, -0.15) is 0 Å². The number of esters is 1. The van der Waals surface area contributed by atoms with Gasteiger partial charge in [-0.05, 0) is 36.2 Å². The van der Waals surface area contributed by atoms with Crippen LogP contribution in [0.4, 0.5) is 0 Å². The fraction of sp³-hybridized carbons (Fsp3) is 0.208. The molecule has 0 saturated carbocycles. The maximum Gasteiger partial charge on any atom is 0.339 e. The number of carbonyl (C=O) groups is 1. The Balaban J connectivity index is 1.95. The molecule has 142 valence electrons. The van der Waals surface area contributed by atoms with E-state index in [1.54, 1.807) is 14.2 Å². The molecule has 0 bridgehead atoms. The molecule has 4 heteroatoms. The van der Waals surface area contributed by atoms with Gasteiger partial charge in [0.25, 0.3) is 0 Å². The highest BCUT2D eigenvalue weighted by atomic mass is 16.6. The summed E-state index contributed by atoms with van der Waals surface area (Å²) in [7, 11) is 3.20. The van der Waals surface area contributed by atoms with Crippen LogP contribution in [0.5, 0.6) is 11.5 Å². The van der Waals surface area contributed by atoms with E-state index in [1.165, 1.54) is 0 Å². The summed E-state index contributed by atoms with van der Waals surface area (Å²) in [6.45, 7) is 1.96. The Bertz CT molecular complexity index is 1010. The zero-order valence-electron chi connectivity index (χ0n) is 16.1. The van der Waals surface area contributed by atoms with E-state index < -0.39 is 5.60 Å². The number of hydrogen-bond acceptors (Lipinski definition) is 4. The summed E-state index contributed by atoms with van der Waals surface area (Å²) >= 11 is 0. The van der Waals surface area contributed by atoms with Crippen LogP contribution < -0.4 is 9.47 Å². The summed E-state index contributed by atoms with van der Waals surface area (Å²) in [5.41, 5.74) is 2.60. The third kappa shape index (κ3) is 2.82. The topological polar surface area (TPSA) is 44.8 Å². The minimum absolute atomic E-state index is 0.152. The molecule has 0 amide bonds. The van der Waals surface area contributed by atoms with E-state index in [2.05, 4.69) is 12.1 Å². The van der Waals surface area contributed by atoms with Crippen LogP contribution in [0.2, 0.25) is 0 Å². The molecule has 2 unspecified atom stereocenters. The fourth-order valence-electron chi connectivity index (χ4n) is 4.05. The Kier molecular flexibility index (Phi) is 4.55. The van der Waals surface area contributed by atoms with E-state index in [0.717, 1.165) is 16.7 Å². The fourth-order valence-corrected chi connectivity index (χ4v) is 4.05. The maximum atomic E-state index is 12.9. The predicted octanol–water partition coefficient (Wildman–Crippen LogP) is 4.92. The molecule has 1 heterocycles. The Morgan fingerprint density at radius 3 is 2.25 bits per heavy atom. The summed E-state index contributed by atoms with van der Waals surface area (Å²) < 4.78 is 16.9. The number of cyclic esters (lactones) is 1. The molecule has 0 fully saturated rings. The lowest BCUT2D eigenvalue weighted by atomic mass is 9.71. The number of rotatable bonds is 4. The lowest BCUT2D eigenvalue weighted by Gasteiger charge is -2.42. The first-order valence-electron chi connectivity index (χ1n) is 9.18. The van der Waals surface area contributed by atoms with Crippen molar-refractivity contribution in [1.29, 1.82) is 0 Å². The van der Waals surface area contributed by atoms with Gasteiger partial charge in [0.2, 0.25) is 0 Å². The molecule has 0 aromatic heterocycles. The van der Waals surface area contributed by atoms with Crippen molar-refractivity contribution < 1.29 is 19.0 Å². The van der Waals surface area contributed by atoms with Crippen molar-refractivity contribution in [3.8, 4) is 11.5 Å². The van der Waals surface area contributed by atoms with Crippen molar-refractivity contribution in [3.63, 3.8) is 0 Å². The largest absolute Gasteiger partial charge is 0.493 e. The van der Waals surface area contributed by atoms with Gasteiger partial charge >= 0.3 is 5.97 Å². The van der Waals surface area contributed by atoms with Crippen molar-refractivity contribution >= 4 is 5.97 Å². The van der Waals surface area contributed by atoms with Crippen molar-refractivity contribution in [2.75, 3.05) is 14.2 Å². The van der Waals surface area contributed by atoms with E-state index >= 15 is 0 Å². The van der Waals surface area contributed by atoms with Crippen molar-refractivity contribution in [1.82, 2.24) is 0 Å². The molecular formula is C24H22O4. The van der Waals surface area contributed by atoms with Crippen LogP contribution in [0.3, 0.4) is 0 Å². The smallest absolute Gasteiger partial charge is 0.339 e. The average molecular weight is 374 g/mol. The molecule has 1 aliphatic rings. The van der Waals surface area contributed by atoms with Gasteiger partial charge < -0.3 is 14.2 Å². The van der Waals surface area contributed by atoms with Crippen molar-refractivity contribution in [2.24, 2.45) is 0 Å². The molecular weight excluding hydrogens is 352 g/mol. The van der Waals surface area contributed by atoms with Gasteiger partial charge in [-0.3, -0.25) is 0 Å². The molecule has 0 N–H and O–H groups in total. The molecule has 2 atom stereocenters. The highest BCUT2D eigenvalue weighted by molar-refractivity contribution is 5.93. The second kappa shape index (κ2) is 7.04. The van der Waals surface area contributed by atoms with Crippen LogP contribution >= 0.6 is 0 Å². The molecule has 0 aliphatic carbocycles. The summed E-state index contributed by atoms with van der Waals surface area (Å²) in [5, 5.41) is 0. The van der Waals surface area contributed by atoms with Crippen LogP contribution in [0.15, 0.2) is 72.8 Å². The van der Waals surface area contributed by atoms with Crippen LogP contribution in [-0.2, 0) is 10.3 Å². The maximum absolute atomic E-state index is 12.9. The summed E-state index contributed by atoms with van der Waals surface area (Å²) in [6, 6.07) is 23.4. The van der Waals surface area contributed by atoms with Crippen LogP contribution in [-0.4, -0.2) is 20.2 Å². The van der Waals surface area contributed by atoms with Gasteiger partial charge in [0.05, 0.1) is 25.7 Å². The normalized spacial score (nSPS) is 20.8. The number of hydrogen-bond donors (Lipinski definition) is 0. The number of ether oxygens (including phenoxy) is 3. The van der Waals surface area contributed by atoms with E-state index in [-0.39, 0.29) is 11.9 Å². The molecule has 1 aliphatic heterocycles. The van der Waals surface area contributed by atoms with Crippen LogP contribution in [0, 0.1) is 0 Å². The van der Waals surface area contributed by atoms with Crippen molar-refractivity contribution in [3.05, 3.63) is 95.1 Å². The second-order valence-electron chi connectivity index (χ2n) is 7.00. The van der Waals surface area contributed by atoms with E-state index in [0.29, 0.717) is 17.1 Å². The monoisotopic (exact) mass is 374 g/mol. The van der Waals surface area contributed by atoms with Crippen LogP contribution in [0.25, 0.3) is 0 Å². The zero-order chi connectivity index (χ0) is 19.7. The highest BCUT2D eigenvalue weighted by Crippen LogP contribution is 2.50. The standard InChI is InChI=1S/C24H22O4/c1-24(17-13-14-20(26-2)21(15-17)27-3)22(16-9-5-4-6-10-16)18-11-7-8-12-19(18)23(25)28-24/h4-15,22H,1-3H3. The minimum atomic E-state index is -0.896. The van der Waals surface area contributed by atoms with Gasteiger partial charge in [0.15, 0.2) is 11.5 Å². The predicted molar refractivity (Wildman–Crippen MR) is 107 cm³/mol. The number of carbonyl (C=O) groups excluding carboxylic acids is 1. The van der Waals surface area contributed by atoms with Gasteiger partial charge in [0.1, 0.15) is 5.60 Å². The molecule has 4 nitrogen and oxygen atoms in total. The number of fused-ring (bicyclic) bond motifs is 1. The third-order valence-electron chi connectivity index (χ3n) is 5.44. The summed E-state index contributed by atoms with van der Waals surface area (Å²) in [6.07, 6.45) is 0. The molecule has 28 heavy (non-hydrogen) atoms. The molecule has 3 aromatic carbocycles. The molecule has 4 rings (SSSR count). The molecule has 0 radical (unpaired) electrons. The van der Waals surface area contributed by atoms with E-state index in [4.69, 9.17) is 14.2 Å². The first kappa shape index (κ1) is 18.1. The third-order valence-corrected chi connectivity index (χ3v) is 5.44. The van der Waals surface area contributed by atoms with E-state index in [1.807, 2.05) is 67.6 Å². The Labute approximate surface area is 164 Å². The Morgan fingerprint density at radius 1 is 0.857 bits per heavy atom. The molecule has 0 spiro atoms. The molecule has 3 aromatic rings. The quantitative estimate of drug-likeness (QED) is 0.608. The first-order chi connectivity index (χ1) is 13.6. The zero-order valence-corrected chi connectivity index (χ0v) is 16.1. The van der Waals surface area contributed by atoms with Gasteiger partial charge in [0, 0.05) is 5.56 Å². The van der Waals surface area contributed by atoms with Crippen LogP contribution in [0.1, 0.15) is 39.9 Å². The minimum Gasteiger partial charge on any atom is -0.493 e. The van der Waals surface area contributed by atoms with Gasteiger partial charge in [-0.1, -0.05) is 54.6 Å².